The minimum absolute atomic E-state index is 0.0931. The minimum atomic E-state index is -0.120. The lowest BCUT2D eigenvalue weighted by molar-refractivity contribution is 0.0777. The maximum atomic E-state index is 12.7. The van der Waals surface area contributed by atoms with Gasteiger partial charge in [-0.3, -0.25) is 14.6 Å². The number of amides is 2. The fourth-order valence-electron chi connectivity index (χ4n) is 4.31. The molecular weight excluding hydrogens is 380 g/mol. The average molecular weight is 403 g/mol. The second-order valence-electron chi connectivity index (χ2n) is 7.49. The van der Waals surface area contributed by atoms with E-state index in [1.807, 2.05) is 28.8 Å². The number of nitrogens with zero attached hydrogens (tertiary/aromatic N) is 2. The van der Waals surface area contributed by atoms with E-state index in [-0.39, 0.29) is 17.9 Å². The number of carbonyl (C=O) groups is 2. The molecule has 27 heavy (non-hydrogen) atoms. The van der Waals surface area contributed by atoms with Gasteiger partial charge in [0.15, 0.2) is 0 Å². The maximum Gasteiger partial charge on any atom is 0.270 e. The number of rotatable bonds is 3. The zero-order valence-electron chi connectivity index (χ0n) is 14.9. The van der Waals surface area contributed by atoms with Gasteiger partial charge in [0, 0.05) is 59.0 Å². The van der Waals surface area contributed by atoms with Crippen LogP contribution in [0.15, 0.2) is 18.3 Å². The largest absolute Gasteiger partial charge is 0.346 e. The smallest absolute Gasteiger partial charge is 0.270 e. The Kier molecular flexibility index (Phi) is 4.57. The Morgan fingerprint density at radius 1 is 1.22 bits per heavy atom. The molecule has 0 radical (unpaired) electrons. The third-order valence-electron chi connectivity index (χ3n) is 5.76. The number of aromatic nitrogens is 1. The van der Waals surface area contributed by atoms with E-state index in [0.29, 0.717) is 17.8 Å². The van der Waals surface area contributed by atoms with Crippen molar-refractivity contribution in [3.63, 3.8) is 0 Å². The first kappa shape index (κ1) is 17.5. The predicted molar refractivity (Wildman–Crippen MR) is 109 cm³/mol. The summed E-state index contributed by atoms with van der Waals surface area (Å²) in [7, 11) is 0. The number of pyridine rings is 1. The SMILES string of the molecule is O=C(N[C@@H]1C[C@H]2CC[C@@H]1N2)c1cc2sc(C(=O)N3CCSCC3)cc2cn1. The third kappa shape index (κ3) is 3.34. The molecular formula is C19H22N4O2S2. The topological polar surface area (TPSA) is 74.3 Å². The highest BCUT2D eigenvalue weighted by Gasteiger charge is 2.39. The number of thioether (sulfide) groups is 1. The van der Waals surface area contributed by atoms with Crippen LogP contribution in [0.3, 0.4) is 0 Å². The van der Waals surface area contributed by atoms with E-state index in [0.717, 1.165) is 52.4 Å². The molecule has 3 aliphatic heterocycles. The molecule has 5 rings (SSSR count). The highest BCUT2D eigenvalue weighted by Crippen LogP contribution is 2.29. The van der Waals surface area contributed by atoms with Crippen LogP contribution in [0.1, 0.15) is 39.4 Å². The van der Waals surface area contributed by atoms with Crippen LogP contribution in [0, 0.1) is 0 Å². The first-order valence-corrected chi connectivity index (χ1v) is 11.5. The van der Waals surface area contributed by atoms with Crippen LogP contribution < -0.4 is 10.6 Å². The summed E-state index contributed by atoms with van der Waals surface area (Å²) in [4.78, 5) is 32.3. The second kappa shape index (κ2) is 7.07. The van der Waals surface area contributed by atoms with E-state index in [9.17, 15) is 9.59 Å². The van der Waals surface area contributed by atoms with Gasteiger partial charge in [0.2, 0.25) is 0 Å². The summed E-state index contributed by atoms with van der Waals surface area (Å²) >= 11 is 3.34. The molecule has 142 valence electrons. The Labute approximate surface area is 166 Å². The summed E-state index contributed by atoms with van der Waals surface area (Å²) in [6, 6.07) is 4.87. The van der Waals surface area contributed by atoms with Gasteiger partial charge in [0.25, 0.3) is 11.8 Å². The summed E-state index contributed by atoms with van der Waals surface area (Å²) in [5.41, 5.74) is 0.431. The van der Waals surface area contributed by atoms with Crippen LogP contribution in [0.2, 0.25) is 0 Å². The van der Waals surface area contributed by atoms with E-state index in [4.69, 9.17) is 0 Å². The molecule has 3 aliphatic rings. The molecule has 2 aromatic rings. The molecule has 2 bridgehead atoms. The highest BCUT2D eigenvalue weighted by molar-refractivity contribution is 7.99. The summed E-state index contributed by atoms with van der Waals surface area (Å²) in [5, 5.41) is 7.59. The van der Waals surface area contributed by atoms with E-state index in [1.54, 1.807) is 6.20 Å². The van der Waals surface area contributed by atoms with Crippen molar-refractivity contribution >= 4 is 45.0 Å². The Morgan fingerprint density at radius 2 is 2.07 bits per heavy atom. The average Bonchev–Trinajstić information content (AvgIpc) is 3.42. The van der Waals surface area contributed by atoms with Crippen molar-refractivity contribution in [2.24, 2.45) is 0 Å². The molecule has 2 N–H and O–H groups in total. The Hall–Kier alpha value is -1.64. The van der Waals surface area contributed by atoms with Crippen LogP contribution >= 0.6 is 23.1 Å². The summed E-state index contributed by atoms with van der Waals surface area (Å²) in [6.07, 6.45) is 5.06. The van der Waals surface area contributed by atoms with Gasteiger partial charge in [-0.2, -0.15) is 11.8 Å². The normalized spacial score (nSPS) is 27.3. The summed E-state index contributed by atoms with van der Waals surface area (Å²) < 4.78 is 0.941. The van der Waals surface area contributed by atoms with Crippen LogP contribution in [0.5, 0.6) is 0 Å². The number of hydrogen-bond acceptors (Lipinski definition) is 6. The van der Waals surface area contributed by atoms with Crippen LogP contribution in [-0.4, -0.2) is 64.4 Å². The Bertz CT molecular complexity index is 893. The fraction of sp³-hybridized carbons (Fsp3) is 0.526. The second-order valence-corrected chi connectivity index (χ2v) is 9.79. The van der Waals surface area contributed by atoms with Crippen molar-refractivity contribution in [3.05, 3.63) is 28.9 Å². The van der Waals surface area contributed by atoms with Crippen molar-refractivity contribution in [2.45, 2.75) is 37.4 Å². The minimum Gasteiger partial charge on any atom is -0.346 e. The van der Waals surface area contributed by atoms with Crippen LogP contribution in [0.4, 0.5) is 0 Å². The lowest BCUT2D eigenvalue weighted by atomic mass is 9.95. The van der Waals surface area contributed by atoms with E-state index < -0.39 is 0 Å². The first-order chi connectivity index (χ1) is 13.2. The summed E-state index contributed by atoms with van der Waals surface area (Å²) in [6.45, 7) is 1.61. The molecule has 0 unspecified atom stereocenters. The van der Waals surface area contributed by atoms with Gasteiger partial charge in [-0.15, -0.1) is 11.3 Å². The fourth-order valence-corrected chi connectivity index (χ4v) is 6.25. The van der Waals surface area contributed by atoms with E-state index in [1.165, 1.54) is 17.8 Å². The third-order valence-corrected chi connectivity index (χ3v) is 7.79. The molecule has 0 aromatic carbocycles. The molecule has 0 aliphatic carbocycles. The number of carbonyl (C=O) groups excluding carboxylic acids is 2. The van der Waals surface area contributed by atoms with Gasteiger partial charge in [-0.1, -0.05) is 0 Å². The Balaban J connectivity index is 1.32. The molecule has 6 nitrogen and oxygen atoms in total. The van der Waals surface area contributed by atoms with Crippen molar-refractivity contribution in [3.8, 4) is 0 Å². The highest BCUT2D eigenvalue weighted by atomic mass is 32.2. The molecule has 2 aromatic heterocycles. The molecule has 0 spiro atoms. The molecule has 0 saturated carbocycles. The first-order valence-electron chi connectivity index (χ1n) is 9.51. The molecule has 3 saturated heterocycles. The molecule has 3 atom stereocenters. The number of fused-ring (bicyclic) bond motifs is 3. The molecule has 8 heteroatoms. The zero-order valence-corrected chi connectivity index (χ0v) is 16.6. The van der Waals surface area contributed by atoms with Crippen LogP contribution in [0.25, 0.3) is 10.1 Å². The molecule has 5 heterocycles. The molecule has 2 amide bonds. The van der Waals surface area contributed by atoms with Gasteiger partial charge < -0.3 is 15.5 Å². The number of thiophene rings is 1. The standard InChI is InChI=1S/C19H22N4O2S2/c24-18(22-14-8-12-1-2-13(14)21-12)15-9-16-11(10-20-15)7-17(27-16)19(25)23-3-5-26-6-4-23/h7,9-10,12-14,21H,1-6,8H2,(H,22,24)/t12-,13+,14-/m1/s1. The van der Waals surface area contributed by atoms with Crippen molar-refractivity contribution in [1.82, 2.24) is 20.5 Å². The van der Waals surface area contributed by atoms with Gasteiger partial charge in [0.1, 0.15) is 5.69 Å². The van der Waals surface area contributed by atoms with E-state index in [2.05, 4.69) is 15.6 Å². The zero-order chi connectivity index (χ0) is 18.4. The van der Waals surface area contributed by atoms with Crippen LogP contribution in [-0.2, 0) is 0 Å². The predicted octanol–water partition coefficient (Wildman–Crippen LogP) is 2.11. The van der Waals surface area contributed by atoms with Gasteiger partial charge in [0.05, 0.1) is 4.88 Å². The van der Waals surface area contributed by atoms with Crippen molar-refractivity contribution in [2.75, 3.05) is 24.6 Å². The monoisotopic (exact) mass is 402 g/mol. The lowest BCUT2D eigenvalue weighted by Crippen LogP contribution is -2.43. The van der Waals surface area contributed by atoms with Gasteiger partial charge in [-0.05, 0) is 31.4 Å². The van der Waals surface area contributed by atoms with Crippen molar-refractivity contribution in [1.29, 1.82) is 0 Å². The van der Waals surface area contributed by atoms with Crippen molar-refractivity contribution < 1.29 is 9.59 Å². The molecule has 3 fully saturated rings. The van der Waals surface area contributed by atoms with Gasteiger partial charge >= 0.3 is 0 Å². The lowest BCUT2D eigenvalue weighted by Gasteiger charge is -2.25. The number of hydrogen-bond donors (Lipinski definition) is 2. The van der Waals surface area contributed by atoms with Gasteiger partial charge in [-0.25, -0.2) is 0 Å². The van der Waals surface area contributed by atoms with E-state index >= 15 is 0 Å². The Morgan fingerprint density at radius 3 is 2.81 bits per heavy atom. The quantitative estimate of drug-likeness (QED) is 0.823. The number of nitrogens with one attached hydrogen (secondary N) is 2. The summed E-state index contributed by atoms with van der Waals surface area (Å²) in [5.74, 6) is 1.97. The maximum absolute atomic E-state index is 12.7.